The number of hydrogen-bond donors (Lipinski definition) is 2. The molecule has 1 aromatic heterocycles. The van der Waals surface area contributed by atoms with Crippen molar-refractivity contribution in [1.82, 2.24) is 0 Å². The van der Waals surface area contributed by atoms with E-state index in [4.69, 9.17) is 0 Å². The van der Waals surface area contributed by atoms with Crippen molar-refractivity contribution in [3.63, 3.8) is 0 Å². The van der Waals surface area contributed by atoms with Crippen LogP contribution in [0.25, 0.3) is 0 Å². The number of thiophene rings is 1. The molecular weight excluding hydrogens is 252 g/mol. The molecule has 0 fully saturated rings. The average molecular weight is 264 g/mol. The number of rotatable bonds is 4. The largest absolute Gasteiger partial charge is 0.508 e. The third-order valence-electron chi connectivity index (χ3n) is 2.43. The normalized spacial score (nSPS) is 10.3. The molecule has 94 valence electrons. The number of aryl methyl sites for hydroxylation is 1. The van der Waals surface area contributed by atoms with E-state index in [1.807, 2.05) is 19.1 Å². The van der Waals surface area contributed by atoms with Crippen LogP contribution >= 0.6 is 11.3 Å². The smallest absolute Gasteiger partial charge is 0.296 e. The Hall–Kier alpha value is -2.08. The number of aromatic hydroxyl groups is 1. The van der Waals surface area contributed by atoms with Crippen LogP contribution in [0.15, 0.2) is 30.3 Å². The molecule has 0 amide bonds. The van der Waals surface area contributed by atoms with Gasteiger partial charge in [-0.2, -0.15) is 0 Å². The number of hydrogen-bond acceptors (Lipinski definition) is 5. The Morgan fingerprint density at radius 1 is 1.39 bits per heavy atom. The highest BCUT2D eigenvalue weighted by Gasteiger charge is 2.14. The zero-order valence-electron chi connectivity index (χ0n) is 9.71. The molecule has 0 saturated heterocycles. The predicted octanol–water partition coefficient (Wildman–Crippen LogP) is 3.28. The van der Waals surface area contributed by atoms with Gasteiger partial charge in [-0.1, -0.05) is 0 Å². The summed E-state index contributed by atoms with van der Waals surface area (Å²) in [4.78, 5) is 12.6. The SMILES string of the molecule is Cc1ccc(CNc2ccc(O)cc2[N+](=O)[O-])s1. The molecule has 2 aromatic rings. The van der Waals surface area contributed by atoms with Crippen LogP contribution in [-0.2, 0) is 6.54 Å². The zero-order valence-corrected chi connectivity index (χ0v) is 10.5. The monoisotopic (exact) mass is 264 g/mol. The van der Waals surface area contributed by atoms with Gasteiger partial charge in [0.05, 0.1) is 11.0 Å². The van der Waals surface area contributed by atoms with Crippen molar-refractivity contribution in [1.29, 1.82) is 0 Å². The third kappa shape index (κ3) is 2.78. The first-order valence-electron chi connectivity index (χ1n) is 5.33. The number of nitro benzene ring substituents is 1. The van der Waals surface area contributed by atoms with Gasteiger partial charge < -0.3 is 10.4 Å². The minimum Gasteiger partial charge on any atom is -0.508 e. The van der Waals surface area contributed by atoms with E-state index in [9.17, 15) is 15.2 Å². The van der Waals surface area contributed by atoms with Gasteiger partial charge in [-0.25, -0.2) is 0 Å². The zero-order chi connectivity index (χ0) is 13.1. The average Bonchev–Trinajstić information content (AvgIpc) is 2.73. The van der Waals surface area contributed by atoms with Crippen molar-refractivity contribution in [3.8, 4) is 5.75 Å². The second kappa shape index (κ2) is 5.05. The van der Waals surface area contributed by atoms with E-state index in [0.717, 1.165) is 10.9 Å². The van der Waals surface area contributed by atoms with E-state index < -0.39 is 4.92 Å². The fraction of sp³-hybridized carbons (Fsp3) is 0.167. The Balaban J connectivity index is 2.16. The van der Waals surface area contributed by atoms with Crippen LogP contribution in [0, 0.1) is 17.0 Å². The molecular formula is C12H12N2O3S. The summed E-state index contributed by atoms with van der Waals surface area (Å²) in [6, 6.07) is 8.07. The molecule has 2 N–H and O–H groups in total. The predicted molar refractivity (Wildman–Crippen MR) is 71.1 cm³/mol. The highest BCUT2D eigenvalue weighted by Crippen LogP contribution is 2.29. The van der Waals surface area contributed by atoms with Gasteiger partial charge >= 0.3 is 0 Å². The highest BCUT2D eigenvalue weighted by atomic mass is 32.1. The molecule has 1 aromatic carbocycles. The minimum atomic E-state index is -0.512. The summed E-state index contributed by atoms with van der Waals surface area (Å²) >= 11 is 1.64. The lowest BCUT2D eigenvalue weighted by atomic mass is 10.2. The van der Waals surface area contributed by atoms with E-state index in [1.54, 1.807) is 11.3 Å². The molecule has 6 heteroatoms. The maximum Gasteiger partial charge on any atom is 0.296 e. The molecule has 0 radical (unpaired) electrons. The highest BCUT2D eigenvalue weighted by molar-refractivity contribution is 7.11. The Bertz CT molecular complexity index is 580. The Morgan fingerprint density at radius 2 is 2.17 bits per heavy atom. The summed E-state index contributed by atoms with van der Waals surface area (Å²) in [5, 5.41) is 23.1. The van der Waals surface area contributed by atoms with Crippen LogP contribution < -0.4 is 5.32 Å². The molecule has 0 atom stereocenters. The molecule has 1 heterocycles. The van der Waals surface area contributed by atoms with E-state index in [-0.39, 0.29) is 11.4 Å². The first-order valence-corrected chi connectivity index (χ1v) is 6.14. The van der Waals surface area contributed by atoms with Crippen LogP contribution in [0.3, 0.4) is 0 Å². The van der Waals surface area contributed by atoms with Crippen molar-refractivity contribution in [2.45, 2.75) is 13.5 Å². The van der Waals surface area contributed by atoms with Gasteiger partial charge in [-0.05, 0) is 31.2 Å². The number of nitrogens with one attached hydrogen (secondary N) is 1. The minimum absolute atomic E-state index is 0.112. The topological polar surface area (TPSA) is 75.4 Å². The van der Waals surface area contributed by atoms with Gasteiger partial charge in [-0.3, -0.25) is 10.1 Å². The molecule has 0 saturated carbocycles. The Morgan fingerprint density at radius 3 is 2.78 bits per heavy atom. The molecule has 2 rings (SSSR count). The van der Waals surface area contributed by atoms with Crippen molar-refractivity contribution in [3.05, 3.63) is 50.2 Å². The number of anilines is 1. The lowest BCUT2D eigenvalue weighted by molar-refractivity contribution is -0.384. The number of nitro groups is 1. The molecule has 0 spiro atoms. The van der Waals surface area contributed by atoms with Crippen LogP contribution in [-0.4, -0.2) is 10.0 Å². The number of nitrogens with zero attached hydrogens (tertiary/aromatic N) is 1. The van der Waals surface area contributed by atoms with Gasteiger partial charge in [0.2, 0.25) is 0 Å². The van der Waals surface area contributed by atoms with E-state index in [0.29, 0.717) is 12.2 Å². The molecule has 0 aliphatic carbocycles. The first-order chi connectivity index (χ1) is 8.56. The van der Waals surface area contributed by atoms with Crippen LogP contribution in [0.4, 0.5) is 11.4 Å². The molecule has 0 bridgehead atoms. The van der Waals surface area contributed by atoms with Gasteiger partial charge in [0.15, 0.2) is 0 Å². The second-order valence-electron chi connectivity index (χ2n) is 3.82. The van der Waals surface area contributed by atoms with Gasteiger partial charge in [0.1, 0.15) is 11.4 Å². The maximum absolute atomic E-state index is 10.8. The fourth-order valence-corrected chi connectivity index (χ4v) is 2.41. The molecule has 0 unspecified atom stereocenters. The summed E-state index contributed by atoms with van der Waals surface area (Å²) in [7, 11) is 0. The van der Waals surface area contributed by atoms with Crippen molar-refractivity contribution >= 4 is 22.7 Å². The van der Waals surface area contributed by atoms with E-state index in [2.05, 4.69) is 5.32 Å². The molecule has 18 heavy (non-hydrogen) atoms. The summed E-state index contributed by atoms with van der Waals surface area (Å²) in [5.41, 5.74) is 0.284. The van der Waals surface area contributed by atoms with Gasteiger partial charge in [0.25, 0.3) is 5.69 Å². The second-order valence-corrected chi connectivity index (χ2v) is 5.20. The molecule has 0 aliphatic heterocycles. The summed E-state index contributed by atoms with van der Waals surface area (Å²) < 4.78 is 0. The van der Waals surface area contributed by atoms with Crippen molar-refractivity contribution in [2.75, 3.05) is 5.32 Å². The van der Waals surface area contributed by atoms with Crippen LogP contribution in [0.1, 0.15) is 9.75 Å². The van der Waals surface area contributed by atoms with Crippen LogP contribution in [0.2, 0.25) is 0 Å². The summed E-state index contributed by atoms with van der Waals surface area (Å²) in [6.07, 6.45) is 0. The quantitative estimate of drug-likeness (QED) is 0.505. The third-order valence-corrected chi connectivity index (χ3v) is 3.43. The summed E-state index contributed by atoms with van der Waals surface area (Å²) in [6.45, 7) is 2.54. The Labute approximate surface area is 108 Å². The standard InChI is InChI=1S/C12H12N2O3S/c1-8-2-4-10(18-8)7-13-11-5-3-9(15)6-12(11)14(16)17/h2-6,13,15H,7H2,1H3. The van der Waals surface area contributed by atoms with Crippen molar-refractivity contribution in [2.24, 2.45) is 0 Å². The fourth-order valence-electron chi connectivity index (χ4n) is 1.58. The number of benzene rings is 1. The number of phenolic OH excluding ortho intramolecular Hbond substituents is 1. The summed E-state index contributed by atoms with van der Waals surface area (Å²) in [5.74, 6) is -0.112. The first kappa shape index (κ1) is 12.4. The van der Waals surface area contributed by atoms with Gasteiger partial charge in [0, 0.05) is 16.3 Å². The number of phenols is 1. The van der Waals surface area contributed by atoms with E-state index in [1.165, 1.54) is 17.0 Å². The van der Waals surface area contributed by atoms with Crippen molar-refractivity contribution < 1.29 is 10.0 Å². The lowest BCUT2D eigenvalue weighted by Gasteiger charge is -2.06. The van der Waals surface area contributed by atoms with Gasteiger partial charge in [-0.15, -0.1) is 11.3 Å². The van der Waals surface area contributed by atoms with Crippen LogP contribution in [0.5, 0.6) is 5.75 Å². The molecule has 5 nitrogen and oxygen atoms in total. The maximum atomic E-state index is 10.8. The molecule has 0 aliphatic rings. The Kier molecular flexibility index (Phi) is 3.47. The lowest BCUT2D eigenvalue weighted by Crippen LogP contribution is -2.01. The van der Waals surface area contributed by atoms with E-state index >= 15 is 0 Å².